The van der Waals surface area contributed by atoms with E-state index in [1.54, 1.807) is 12.5 Å². The zero-order valence-corrected chi connectivity index (χ0v) is 13.0. The summed E-state index contributed by atoms with van der Waals surface area (Å²) in [6.07, 6.45) is 7.24. The molecule has 23 heavy (non-hydrogen) atoms. The molecule has 112 valence electrons. The molecule has 0 saturated heterocycles. The Hall–Kier alpha value is -3.08. The van der Waals surface area contributed by atoms with Gasteiger partial charge in [-0.3, -0.25) is 9.38 Å². The quantitative estimate of drug-likeness (QED) is 0.567. The lowest BCUT2D eigenvalue weighted by molar-refractivity contribution is 1.10. The largest absolute Gasteiger partial charge is 0.278 e. The standard InChI is InChI=1S/C18H15N5/c1-4-13-7-14(15-9-19-6-5-11(15)2)17-16(8-13)23-10-20-22-18(23)12(3)21-17/h4-10H,1H2,2-3H3. The Kier molecular flexibility index (Phi) is 2.94. The summed E-state index contributed by atoms with van der Waals surface area (Å²) < 4.78 is 1.97. The molecular weight excluding hydrogens is 286 g/mol. The highest BCUT2D eigenvalue weighted by Gasteiger charge is 2.14. The van der Waals surface area contributed by atoms with Crippen molar-refractivity contribution in [2.24, 2.45) is 0 Å². The van der Waals surface area contributed by atoms with Crippen molar-refractivity contribution in [2.75, 3.05) is 0 Å². The van der Waals surface area contributed by atoms with Gasteiger partial charge in [-0.25, -0.2) is 4.98 Å². The van der Waals surface area contributed by atoms with Crippen molar-refractivity contribution in [3.05, 3.63) is 60.3 Å². The summed E-state index contributed by atoms with van der Waals surface area (Å²) in [6.45, 7) is 7.93. The van der Waals surface area contributed by atoms with Crippen molar-refractivity contribution < 1.29 is 0 Å². The Labute approximate surface area is 133 Å². The molecule has 0 saturated carbocycles. The van der Waals surface area contributed by atoms with Crippen LogP contribution in [0.1, 0.15) is 16.8 Å². The first-order valence-corrected chi connectivity index (χ1v) is 7.36. The molecule has 0 aliphatic rings. The molecular formula is C18H15N5. The third kappa shape index (κ3) is 2.01. The molecule has 0 aliphatic heterocycles. The summed E-state index contributed by atoms with van der Waals surface area (Å²) in [6, 6.07) is 6.16. The number of aryl methyl sites for hydroxylation is 2. The van der Waals surface area contributed by atoms with Crippen molar-refractivity contribution in [1.29, 1.82) is 0 Å². The maximum atomic E-state index is 4.78. The van der Waals surface area contributed by atoms with E-state index in [9.17, 15) is 0 Å². The number of fused-ring (bicyclic) bond motifs is 3. The molecule has 0 amide bonds. The normalized spacial score (nSPS) is 11.2. The minimum absolute atomic E-state index is 0.771. The van der Waals surface area contributed by atoms with Crippen molar-refractivity contribution in [2.45, 2.75) is 13.8 Å². The van der Waals surface area contributed by atoms with Crippen LogP contribution in [0.25, 0.3) is 33.9 Å². The van der Waals surface area contributed by atoms with Crippen molar-refractivity contribution >= 4 is 22.8 Å². The third-order valence-electron chi connectivity index (χ3n) is 4.09. The lowest BCUT2D eigenvalue weighted by atomic mass is 9.98. The van der Waals surface area contributed by atoms with Crippen LogP contribution in [0, 0.1) is 13.8 Å². The summed E-state index contributed by atoms with van der Waals surface area (Å²) >= 11 is 0. The Morgan fingerprint density at radius 3 is 2.83 bits per heavy atom. The van der Waals surface area contributed by atoms with Gasteiger partial charge in [-0.2, -0.15) is 0 Å². The molecule has 3 aromatic heterocycles. The van der Waals surface area contributed by atoms with Crippen LogP contribution in [0.15, 0.2) is 43.5 Å². The molecule has 0 bridgehead atoms. The van der Waals surface area contributed by atoms with Crippen LogP contribution < -0.4 is 0 Å². The van der Waals surface area contributed by atoms with Crippen LogP contribution >= 0.6 is 0 Å². The number of benzene rings is 1. The van der Waals surface area contributed by atoms with E-state index < -0.39 is 0 Å². The highest BCUT2D eigenvalue weighted by molar-refractivity contribution is 5.95. The van der Waals surface area contributed by atoms with Gasteiger partial charge in [0.15, 0.2) is 5.65 Å². The number of aromatic nitrogens is 5. The third-order valence-corrected chi connectivity index (χ3v) is 4.09. The number of hydrogen-bond donors (Lipinski definition) is 0. The molecule has 1 aromatic carbocycles. The average Bonchev–Trinajstić information content (AvgIpc) is 3.06. The van der Waals surface area contributed by atoms with Crippen molar-refractivity contribution in [3.8, 4) is 11.1 Å². The Morgan fingerprint density at radius 1 is 1.17 bits per heavy atom. The highest BCUT2D eigenvalue weighted by Crippen LogP contribution is 2.31. The minimum Gasteiger partial charge on any atom is -0.278 e. The first kappa shape index (κ1) is 13.6. The molecule has 0 N–H and O–H groups in total. The summed E-state index contributed by atoms with van der Waals surface area (Å²) in [7, 11) is 0. The van der Waals surface area contributed by atoms with E-state index in [1.165, 1.54) is 0 Å². The molecule has 0 atom stereocenters. The molecule has 3 heterocycles. The molecule has 0 fully saturated rings. The smallest absolute Gasteiger partial charge is 0.182 e. The zero-order valence-electron chi connectivity index (χ0n) is 13.0. The van der Waals surface area contributed by atoms with Crippen LogP contribution in [0.4, 0.5) is 0 Å². The van der Waals surface area contributed by atoms with Crippen LogP contribution in [-0.2, 0) is 0 Å². The Balaban J connectivity index is 2.21. The molecule has 5 nitrogen and oxygen atoms in total. The molecule has 0 spiro atoms. The van der Waals surface area contributed by atoms with Gasteiger partial charge in [0, 0.05) is 23.5 Å². The van der Waals surface area contributed by atoms with Crippen LogP contribution in [0.5, 0.6) is 0 Å². The molecule has 0 aliphatic carbocycles. The van der Waals surface area contributed by atoms with E-state index in [4.69, 9.17) is 4.98 Å². The van der Waals surface area contributed by atoms with Crippen LogP contribution in [-0.4, -0.2) is 24.6 Å². The van der Waals surface area contributed by atoms with Gasteiger partial charge in [-0.05, 0) is 43.2 Å². The topological polar surface area (TPSA) is 56.0 Å². The molecule has 0 radical (unpaired) electrons. The van der Waals surface area contributed by atoms with E-state index in [-0.39, 0.29) is 0 Å². The second kappa shape index (κ2) is 4.98. The van der Waals surface area contributed by atoms with Crippen LogP contribution in [0.2, 0.25) is 0 Å². The number of rotatable bonds is 2. The molecule has 4 aromatic rings. The minimum atomic E-state index is 0.771. The molecule has 0 unspecified atom stereocenters. The molecule has 4 rings (SSSR count). The summed E-state index contributed by atoms with van der Waals surface area (Å²) in [5.41, 5.74) is 7.80. The van der Waals surface area contributed by atoms with Gasteiger partial charge in [0.1, 0.15) is 6.33 Å². The Bertz CT molecular complexity index is 1060. The first-order chi connectivity index (χ1) is 11.2. The van der Waals surface area contributed by atoms with Gasteiger partial charge in [0.25, 0.3) is 0 Å². The average molecular weight is 301 g/mol. The summed E-state index contributed by atoms with van der Waals surface area (Å²) in [5, 5.41) is 8.18. The fourth-order valence-electron chi connectivity index (χ4n) is 2.89. The second-order valence-corrected chi connectivity index (χ2v) is 5.55. The second-order valence-electron chi connectivity index (χ2n) is 5.55. The zero-order chi connectivity index (χ0) is 16.0. The lowest BCUT2D eigenvalue weighted by Gasteiger charge is -2.12. The highest BCUT2D eigenvalue weighted by atomic mass is 15.2. The van der Waals surface area contributed by atoms with Gasteiger partial charge in [-0.1, -0.05) is 12.7 Å². The van der Waals surface area contributed by atoms with Gasteiger partial charge < -0.3 is 0 Å². The monoisotopic (exact) mass is 301 g/mol. The van der Waals surface area contributed by atoms with E-state index >= 15 is 0 Å². The summed E-state index contributed by atoms with van der Waals surface area (Å²) in [5.74, 6) is 0. The first-order valence-electron chi connectivity index (χ1n) is 7.36. The van der Waals surface area contributed by atoms with Crippen molar-refractivity contribution in [1.82, 2.24) is 24.6 Å². The number of hydrogen-bond acceptors (Lipinski definition) is 4. The number of pyridine rings is 1. The predicted octanol–water partition coefficient (Wildman–Crippen LogP) is 3.60. The van der Waals surface area contributed by atoms with Crippen molar-refractivity contribution in [3.63, 3.8) is 0 Å². The number of nitrogens with zero attached hydrogens (tertiary/aromatic N) is 5. The Morgan fingerprint density at radius 2 is 2.04 bits per heavy atom. The lowest BCUT2D eigenvalue weighted by Crippen LogP contribution is -1.98. The summed E-state index contributed by atoms with van der Waals surface area (Å²) in [4.78, 5) is 9.06. The van der Waals surface area contributed by atoms with E-state index in [2.05, 4.69) is 40.8 Å². The van der Waals surface area contributed by atoms with Gasteiger partial charge >= 0.3 is 0 Å². The van der Waals surface area contributed by atoms with E-state index in [0.717, 1.165) is 44.6 Å². The van der Waals surface area contributed by atoms with Crippen LogP contribution in [0.3, 0.4) is 0 Å². The fraction of sp³-hybridized carbons (Fsp3) is 0.111. The SMILES string of the molecule is C=Cc1cc(-c2cnccc2C)c2nc(C)c3nncn3c2c1. The van der Waals surface area contributed by atoms with Gasteiger partial charge in [0.05, 0.1) is 16.7 Å². The van der Waals surface area contributed by atoms with Gasteiger partial charge in [0.2, 0.25) is 0 Å². The maximum absolute atomic E-state index is 4.78. The maximum Gasteiger partial charge on any atom is 0.182 e. The van der Waals surface area contributed by atoms with E-state index in [1.807, 2.05) is 29.7 Å². The van der Waals surface area contributed by atoms with Gasteiger partial charge in [-0.15, -0.1) is 10.2 Å². The molecule has 5 heteroatoms. The van der Waals surface area contributed by atoms with E-state index in [0.29, 0.717) is 0 Å². The predicted molar refractivity (Wildman–Crippen MR) is 91.1 cm³/mol. The fourth-order valence-corrected chi connectivity index (χ4v) is 2.89.